The van der Waals surface area contributed by atoms with Gasteiger partial charge in [-0.1, -0.05) is 6.07 Å². The Kier molecular flexibility index (Phi) is 3.12. The lowest BCUT2D eigenvalue weighted by atomic mass is 10.2. The highest BCUT2D eigenvalue weighted by molar-refractivity contribution is 7.90. The first-order chi connectivity index (χ1) is 7.03. The fourth-order valence-corrected chi connectivity index (χ4v) is 3.08. The summed E-state index contributed by atoms with van der Waals surface area (Å²) in [5.41, 5.74) is 0.764. The van der Waals surface area contributed by atoms with Crippen molar-refractivity contribution in [3.8, 4) is 0 Å². The van der Waals surface area contributed by atoms with Crippen molar-refractivity contribution in [2.45, 2.75) is 23.6 Å². The normalized spacial score (nSPS) is 12.8. The molecule has 90 valence electrons. The number of rotatable bonds is 2. The lowest BCUT2D eigenvalue weighted by molar-refractivity contribution is 0.595. The van der Waals surface area contributed by atoms with Gasteiger partial charge >= 0.3 is 0 Å². The van der Waals surface area contributed by atoms with E-state index < -0.39 is 20.0 Å². The lowest BCUT2D eigenvalue weighted by Crippen LogP contribution is -2.18. The smallest absolute Gasteiger partial charge is 0.225 e. The molecule has 0 saturated heterocycles. The van der Waals surface area contributed by atoms with E-state index in [4.69, 9.17) is 10.3 Å². The topological polar surface area (TPSA) is 120 Å². The molecule has 0 atom stereocenters. The van der Waals surface area contributed by atoms with Crippen LogP contribution in [-0.4, -0.2) is 16.8 Å². The van der Waals surface area contributed by atoms with Crippen LogP contribution < -0.4 is 10.3 Å². The molecule has 16 heavy (non-hydrogen) atoms. The molecule has 0 heterocycles. The van der Waals surface area contributed by atoms with Crippen molar-refractivity contribution >= 4 is 20.0 Å². The van der Waals surface area contributed by atoms with Crippen LogP contribution in [0.4, 0.5) is 0 Å². The van der Waals surface area contributed by atoms with E-state index in [1.165, 1.54) is 19.9 Å². The molecular weight excluding hydrogens is 252 g/mol. The fraction of sp³-hybridized carbons (Fsp3) is 0.250. The summed E-state index contributed by atoms with van der Waals surface area (Å²) < 4.78 is 44.7. The summed E-state index contributed by atoms with van der Waals surface area (Å²) in [6, 6.07) is 2.40. The Morgan fingerprint density at radius 3 is 1.38 bits per heavy atom. The number of primary sulfonamides is 2. The van der Waals surface area contributed by atoms with Crippen LogP contribution in [0.2, 0.25) is 0 Å². The highest BCUT2D eigenvalue weighted by atomic mass is 32.2. The first-order valence-corrected chi connectivity index (χ1v) is 7.29. The summed E-state index contributed by atoms with van der Waals surface area (Å²) in [7, 11) is -7.91. The van der Waals surface area contributed by atoms with Crippen molar-refractivity contribution < 1.29 is 16.8 Å². The van der Waals surface area contributed by atoms with Gasteiger partial charge in [-0.2, -0.15) is 0 Å². The largest absolute Gasteiger partial charge is 0.238 e. The predicted molar refractivity (Wildman–Crippen MR) is 58.7 cm³/mol. The van der Waals surface area contributed by atoms with Gasteiger partial charge in [-0.05, 0) is 31.0 Å². The first kappa shape index (κ1) is 13.1. The molecule has 0 amide bonds. The second-order valence-corrected chi connectivity index (χ2v) is 6.53. The van der Waals surface area contributed by atoms with Crippen molar-refractivity contribution in [3.63, 3.8) is 0 Å². The highest BCUT2D eigenvalue weighted by Gasteiger charge is 2.19. The van der Waals surface area contributed by atoms with Gasteiger partial charge in [0.05, 0.1) is 9.79 Å². The summed E-state index contributed by atoms with van der Waals surface area (Å²) in [6.45, 7) is 3.05. The molecule has 0 saturated carbocycles. The molecule has 1 aromatic carbocycles. The van der Waals surface area contributed by atoms with E-state index in [1.54, 1.807) is 0 Å². The zero-order valence-electron chi connectivity index (χ0n) is 8.76. The maximum atomic E-state index is 11.2. The second-order valence-electron chi connectivity index (χ2n) is 3.47. The number of sulfonamides is 2. The van der Waals surface area contributed by atoms with Crippen LogP contribution in [0.25, 0.3) is 0 Å². The molecule has 0 aromatic heterocycles. The maximum Gasteiger partial charge on any atom is 0.238 e. The number of hydrogen-bond acceptors (Lipinski definition) is 4. The van der Waals surface area contributed by atoms with E-state index in [9.17, 15) is 16.8 Å². The number of aryl methyl sites for hydroxylation is 2. The van der Waals surface area contributed by atoms with Crippen LogP contribution >= 0.6 is 0 Å². The number of benzene rings is 1. The van der Waals surface area contributed by atoms with Gasteiger partial charge in [0, 0.05) is 0 Å². The van der Waals surface area contributed by atoms with Gasteiger partial charge in [0.25, 0.3) is 0 Å². The van der Waals surface area contributed by atoms with Crippen molar-refractivity contribution in [3.05, 3.63) is 23.3 Å². The first-order valence-electron chi connectivity index (χ1n) is 4.20. The van der Waals surface area contributed by atoms with Crippen LogP contribution in [0.1, 0.15) is 11.1 Å². The molecule has 0 unspecified atom stereocenters. The summed E-state index contributed by atoms with van der Waals surface area (Å²) in [6.07, 6.45) is 0. The number of nitrogens with two attached hydrogens (primary N) is 2. The summed E-state index contributed by atoms with van der Waals surface area (Å²) in [5, 5.41) is 9.91. The zero-order chi connectivity index (χ0) is 12.7. The average Bonchev–Trinajstić information content (AvgIpc) is 1.97. The zero-order valence-corrected chi connectivity index (χ0v) is 10.4. The molecule has 0 spiro atoms. The molecule has 1 aromatic rings. The molecule has 0 aliphatic rings. The Morgan fingerprint density at radius 2 is 1.12 bits per heavy atom. The van der Waals surface area contributed by atoms with Crippen molar-refractivity contribution in [2.75, 3.05) is 0 Å². The second kappa shape index (κ2) is 3.81. The quantitative estimate of drug-likeness (QED) is 0.754. The van der Waals surface area contributed by atoms with Crippen LogP contribution in [-0.2, 0) is 20.0 Å². The Labute approximate surface area is 94.4 Å². The monoisotopic (exact) mass is 264 g/mol. The van der Waals surface area contributed by atoms with Gasteiger partial charge in [0.15, 0.2) is 0 Å². The van der Waals surface area contributed by atoms with E-state index in [2.05, 4.69) is 0 Å². The minimum absolute atomic E-state index is 0.234. The van der Waals surface area contributed by atoms with E-state index in [1.807, 2.05) is 0 Å². The van der Waals surface area contributed by atoms with Crippen LogP contribution in [0.5, 0.6) is 0 Å². The minimum atomic E-state index is -3.95. The van der Waals surface area contributed by atoms with Gasteiger partial charge in [-0.15, -0.1) is 0 Å². The van der Waals surface area contributed by atoms with E-state index in [-0.39, 0.29) is 9.79 Å². The van der Waals surface area contributed by atoms with Gasteiger partial charge < -0.3 is 0 Å². The molecule has 0 aliphatic carbocycles. The Morgan fingerprint density at radius 1 is 0.812 bits per heavy atom. The molecule has 8 heteroatoms. The van der Waals surface area contributed by atoms with Crippen LogP contribution in [0.3, 0.4) is 0 Å². The average molecular weight is 264 g/mol. The Balaban J connectivity index is 3.72. The molecule has 0 aliphatic heterocycles. The van der Waals surface area contributed by atoms with Crippen LogP contribution in [0, 0.1) is 13.8 Å². The molecular formula is C8H12N2O4S2. The standard InChI is InChI=1S/C8H12N2O4S2/c1-5-3-6(2)8(16(10,13)14)4-7(5)15(9,11)12/h3-4H,1-2H3,(H2,9,11,12)(H2,10,13,14). The van der Waals surface area contributed by atoms with E-state index >= 15 is 0 Å². The Bertz CT molecular complexity index is 579. The summed E-state index contributed by atoms with van der Waals surface area (Å²) in [5.74, 6) is 0. The maximum absolute atomic E-state index is 11.2. The fourth-order valence-electron chi connectivity index (χ4n) is 1.43. The predicted octanol–water partition coefficient (Wildman–Crippen LogP) is -0.402. The van der Waals surface area contributed by atoms with Crippen molar-refractivity contribution in [2.24, 2.45) is 10.3 Å². The van der Waals surface area contributed by atoms with Gasteiger partial charge in [-0.3, -0.25) is 0 Å². The molecule has 6 nitrogen and oxygen atoms in total. The third kappa shape index (κ3) is 2.59. The van der Waals surface area contributed by atoms with E-state index in [0.717, 1.165) is 6.07 Å². The number of hydrogen-bond donors (Lipinski definition) is 2. The van der Waals surface area contributed by atoms with E-state index in [0.29, 0.717) is 11.1 Å². The van der Waals surface area contributed by atoms with Gasteiger partial charge in [-0.25, -0.2) is 27.1 Å². The van der Waals surface area contributed by atoms with Crippen molar-refractivity contribution in [1.82, 2.24) is 0 Å². The third-order valence-electron chi connectivity index (χ3n) is 2.09. The molecule has 4 N–H and O–H groups in total. The van der Waals surface area contributed by atoms with Gasteiger partial charge in [0.1, 0.15) is 0 Å². The third-order valence-corrected chi connectivity index (χ3v) is 4.19. The summed E-state index contributed by atoms with van der Waals surface area (Å²) in [4.78, 5) is -0.468. The SMILES string of the molecule is Cc1cc(C)c(S(N)(=O)=O)cc1S(N)(=O)=O. The van der Waals surface area contributed by atoms with Crippen LogP contribution in [0.15, 0.2) is 21.9 Å². The molecule has 0 radical (unpaired) electrons. The Hall–Kier alpha value is -0.960. The summed E-state index contributed by atoms with van der Waals surface area (Å²) >= 11 is 0. The molecule has 0 bridgehead atoms. The minimum Gasteiger partial charge on any atom is -0.225 e. The highest BCUT2D eigenvalue weighted by Crippen LogP contribution is 2.22. The molecule has 1 rings (SSSR count). The molecule has 0 fully saturated rings. The van der Waals surface area contributed by atoms with Gasteiger partial charge in [0.2, 0.25) is 20.0 Å². The van der Waals surface area contributed by atoms with Crippen molar-refractivity contribution in [1.29, 1.82) is 0 Å². The lowest BCUT2D eigenvalue weighted by Gasteiger charge is -2.09.